The van der Waals surface area contributed by atoms with Gasteiger partial charge in [0.2, 0.25) is 21.8 Å². The summed E-state index contributed by atoms with van der Waals surface area (Å²) in [7, 11) is -3.59. The maximum atomic E-state index is 11.6. The smallest absolute Gasteiger partial charge is 0.226 e. The number of amides is 1. The summed E-state index contributed by atoms with van der Waals surface area (Å²) in [4.78, 5) is 15.8. The molecule has 0 bridgehead atoms. The molecule has 0 fully saturated rings. The van der Waals surface area contributed by atoms with E-state index < -0.39 is 10.0 Å². The first-order valence-corrected chi connectivity index (χ1v) is 8.40. The molecule has 118 valence electrons. The molecule has 22 heavy (non-hydrogen) atoms. The summed E-state index contributed by atoms with van der Waals surface area (Å²) < 4.78 is 26.8. The number of benzene rings is 1. The number of nitrogens with zero attached hydrogens (tertiary/aromatic N) is 1. The standard InChI is InChI=1S/C13H14ClN3O4S/c14-10-3-1-9(2-4-10)13-17-11(8-21-13)7-12(18)16-5-6-22(15,19)20/h1-4,8H,5-7H2,(H,16,18)(H2,15,19,20). The van der Waals surface area contributed by atoms with Crippen molar-refractivity contribution in [1.82, 2.24) is 10.3 Å². The van der Waals surface area contributed by atoms with Crippen LogP contribution in [0.1, 0.15) is 5.69 Å². The van der Waals surface area contributed by atoms with Gasteiger partial charge in [0.15, 0.2) is 0 Å². The van der Waals surface area contributed by atoms with E-state index in [0.717, 1.165) is 5.56 Å². The van der Waals surface area contributed by atoms with E-state index in [4.69, 9.17) is 21.2 Å². The first-order valence-electron chi connectivity index (χ1n) is 6.31. The van der Waals surface area contributed by atoms with E-state index >= 15 is 0 Å². The van der Waals surface area contributed by atoms with Crippen LogP contribution in [0.5, 0.6) is 0 Å². The second kappa shape index (κ2) is 6.91. The zero-order chi connectivity index (χ0) is 16.2. The van der Waals surface area contributed by atoms with Gasteiger partial charge in [-0.15, -0.1) is 0 Å². The quantitative estimate of drug-likeness (QED) is 0.810. The van der Waals surface area contributed by atoms with Crippen LogP contribution in [0.2, 0.25) is 5.02 Å². The van der Waals surface area contributed by atoms with Crippen molar-refractivity contribution in [3.63, 3.8) is 0 Å². The van der Waals surface area contributed by atoms with E-state index in [1.165, 1.54) is 6.26 Å². The Labute approximate surface area is 132 Å². The molecule has 2 aromatic rings. The predicted octanol–water partition coefficient (Wildman–Crippen LogP) is 0.942. The van der Waals surface area contributed by atoms with Crippen molar-refractivity contribution in [2.75, 3.05) is 12.3 Å². The highest BCUT2D eigenvalue weighted by Gasteiger charge is 2.11. The molecule has 0 atom stereocenters. The fourth-order valence-corrected chi connectivity index (χ4v) is 2.19. The molecule has 0 radical (unpaired) electrons. The second-order valence-corrected chi connectivity index (χ2v) is 6.72. The number of carbonyl (C=O) groups excluding carboxylic acids is 1. The monoisotopic (exact) mass is 343 g/mol. The normalized spacial score (nSPS) is 11.4. The van der Waals surface area contributed by atoms with E-state index in [-0.39, 0.29) is 24.6 Å². The number of carbonyl (C=O) groups is 1. The number of aromatic nitrogens is 1. The van der Waals surface area contributed by atoms with Crippen LogP contribution in [0, 0.1) is 0 Å². The Bertz CT molecular complexity index is 756. The summed E-state index contributed by atoms with van der Waals surface area (Å²) in [5.41, 5.74) is 1.18. The molecule has 0 aliphatic rings. The lowest BCUT2D eigenvalue weighted by Crippen LogP contribution is -2.32. The van der Waals surface area contributed by atoms with Crippen LogP contribution in [0.4, 0.5) is 0 Å². The molecule has 0 aliphatic carbocycles. The number of sulfonamides is 1. The molecule has 7 nitrogen and oxygen atoms in total. The molecule has 0 unspecified atom stereocenters. The van der Waals surface area contributed by atoms with Gasteiger partial charge in [-0.3, -0.25) is 4.79 Å². The Morgan fingerprint density at radius 1 is 1.32 bits per heavy atom. The minimum absolute atomic E-state index is 0.0122. The number of hydrogen-bond acceptors (Lipinski definition) is 5. The van der Waals surface area contributed by atoms with Gasteiger partial charge in [-0.25, -0.2) is 18.5 Å². The van der Waals surface area contributed by atoms with E-state index in [1.807, 2.05) is 0 Å². The van der Waals surface area contributed by atoms with Gasteiger partial charge in [-0.2, -0.15) is 0 Å². The Morgan fingerprint density at radius 2 is 2.00 bits per heavy atom. The number of hydrogen-bond donors (Lipinski definition) is 2. The van der Waals surface area contributed by atoms with Crippen LogP contribution in [-0.2, 0) is 21.2 Å². The predicted molar refractivity (Wildman–Crippen MR) is 81.6 cm³/mol. The van der Waals surface area contributed by atoms with Crippen molar-refractivity contribution in [2.45, 2.75) is 6.42 Å². The molecular weight excluding hydrogens is 330 g/mol. The number of halogens is 1. The SMILES string of the molecule is NS(=O)(=O)CCNC(=O)Cc1coc(-c2ccc(Cl)cc2)n1. The summed E-state index contributed by atoms with van der Waals surface area (Å²) in [5, 5.41) is 7.89. The molecule has 0 spiro atoms. The van der Waals surface area contributed by atoms with Gasteiger partial charge in [0.25, 0.3) is 0 Å². The van der Waals surface area contributed by atoms with Crippen molar-refractivity contribution in [2.24, 2.45) is 5.14 Å². The van der Waals surface area contributed by atoms with Crippen LogP contribution in [0.3, 0.4) is 0 Å². The number of oxazole rings is 1. The lowest BCUT2D eigenvalue weighted by Gasteiger charge is -2.02. The summed E-state index contributed by atoms with van der Waals surface area (Å²) in [6, 6.07) is 6.93. The largest absolute Gasteiger partial charge is 0.444 e. The average molecular weight is 344 g/mol. The lowest BCUT2D eigenvalue weighted by atomic mass is 10.2. The summed E-state index contributed by atoms with van der Waals surface area (Å²) >= 11 is 5.80. The van der Waals surface area contributed by atoms with Crippen molar-refractivity contribution >= 4 is 27.5 Å². The van der Waals surface area contributed by atoms with E-state index in [2.05, 4.69) is 10.3 Å². The first kappa shape index (κ1) is 16.5. The minimum Gasteiger partial charge on any atom is -0.444 e. The van der Waals surface area contributed by atoms with Crippen LogP contribution < -0.4 is 10.5 Å². The zero-order valence-corrected chi connectivity index (χ0v) is 13.0. The fourth-order valence-electron chi connectivity index (χ4n) is 1.67. The third-order valence-corrected chi connectivity index (χ3v) is 3.72. The highest BCUT2D eigenvalue weighted by molar-refractivity contribution is 7.89. The number of nitrogens with one attached hydrogen (secondary N) is 1. The van der Waals surface area contributed by atoms with Gasteiger partial charge < -0.3 is 9.73 Å². The molecule has 1 aromatic carbocycles. The number of nitrogens with two attached hydrogens (primary N) is 1. The van der Waals surface area contributed by atoms with Crippen LogP contribution in [-0.4, -0.2) is 31.6 Å². The summed E-state index contributed by atoms with van der Waals surface area (Å²) in [6.45, 7) is -0.0421. The van der Waals surface area contributed by atoms with Gasteiger partial charge in [0, 0.05) is 17.1 Å². The fraction of sp³-hybridized carbons (Fsp3) is 0.231. The average Bonchev–Trinajstić information content (AvgIpc) is 2.86. The van der Waals surface area contributed by atoms with Crippen molar-refractivity contribution < 1.29 is 17.6 Å². The minimum atomic E-state index is -3.59. The van der Waals surface area contributed by atoms with Crippen LogP contribution >= 0.6 is 11.6 Å². The van der Waals surface area contributed by atoms with Gasteiger partial charge in [-0.05, 0) is 24.3 Å². The van der Waals surface area contributed by atoms with Gasteiger partial charge in [-0.1, -0.05) is 11.6 Å². The molecule has 0 aliphatic heterocycles. The second-order valence-electron chi connectivity index (χ2n) is 4.54. The summed E-state index contributed by atoms with van der Waals surface area (Å²) in [6.07, 6.45) is 1.37. The van der Waals surface area contributed by atoms with Gasteiger partial charge in [0.1, 0.15) is 6.26 Å². The highest BCUT2D eigenvalue weighted by atomic mass is 35.5. The first-order chi connectivity index (χ1) is 10.3. The molecule has 0 saturated carbocycles. The molecule has 3 N–H and O–H groups in total. The number of rotatable bonds is 6. The highest BCUT2D eigenvalue weighted by Crippen LogP contribution is 2.20. The Hall–Kier alpha value is -1.90. The van der Waals surface area contributed by atoms with Crippen molar-refractivity contribution in [1.29, 1.82) is 0 Å². The molecular formula is C13H14ClN3O4S. The Balaban J connectivity index is 1.91. The maximum Gasteiger partial charge on any atom is 0.226 e. The molecule has 1 aromatic heterocycles. The zero-order valence-electron chi connectivity index (χ0n) is 11.5. The molecule has 0 saturated heterocycles. The van der Waals surface area contributed by atoms with Crippen LogP contribution in [0.15, 0.2) is 34.9 Å². The molecule has 2 rings (SSSR count). The third kappa shape index (κ3) is 5.14. The molecule has 1 heterocycles. The third-order valence-electron chi connectivity index (χ3n) is 2.69. The molecule has 9 heteroatoms. The topological polar surface area (TPSA) is 115 Å². The van der Waals surface area contributed by atoms with Gasteiger partial charge in [0.05, 0.1) is 17.9 Å². The number of primary sulfonamides is 1. The van der Waals surface area contributed by atoms with E-state index in [0.29, 0.717) is 16.6 Å². The van der Waals surface area contributed by atoms with E-state index in [1.54, 1.807) is 24.3 Å². The van der Waals surface area contributed by atoms with Crippen molar-refractivity contribution in [3.8, 4) is 11.5 Å². The van der Waals surface area contributed by atoms with Gasteiger partial charge >= 0.3 is 0 Å². The Morgan fingerprint density at radius 3 is 2.64 bits per heavy atom. The van der Waals surface area contributed by atoms with Crippen LogP contribution in [0.25, 0.3) is 11.5 Å². The summed E-state index contributed by atoms with van der Waals surface area (Å²) in [5.74, 6) is -0.295. The lowest BCUT2D eigenvalue weighted by molar-refractivity contribution is -0.120. The Kier molecular flexibility index (Phi) is 5.17. The maximum absolute atomic E-state index is 11.6. The van der Waals surface area contributed by atoms with Crippen molar-refractivity contribution in [3.05, 3.63) is 41.2 Å². The van der Waals surface area contributed by atoms with E-state index in [9.17, 15) is 13.2 Å². The molecule has 1 amide bonds.